The van der Waals surface area contributed by atoms with Gasteiger partial charge in [0.15, 0.2) is 0 Å². The highest BCUT2D eigenvalue weighted by molar-refractivity contribution is 7.11. The van der Waals surface area contributed by atoms with Crippen molar-refractivity contribution in [2.75, 3.05) is 13.2 Å². The average Bonchev–Trinajstić information content (AvgIpc) is 2.84. The zero-order valence-electron chi connectivity index (χ0n) is 10.5. The van der Waals surface area contributed by atoms with E-state index >= 15 is 0 Å². The van der Waals surface area contributed by atoms with Gasteiger partial charge in [0.05, 0.1) is 12.3 Å². The van der Waals surface area contributed by atoms with Gasteiger partial charge < -0.3 is 10.5 Å². The molecule has 96 valence electrons. The number of thiazole rings is 1. The number of aromatic nitrogens is 1. The van der Waals surface area contributed by atoms with Crippen LogP contribution in [-0.2, 0) is 6.42 Å². The topological polar surface area (TPSA) is 48.1 Å². The van der Waals surface area contributed by atoms with E-state index in [0.29, 0.717) is 11.8 Å². The first kappa shape index (κ1) is 12.8. The first-order valence-corrected chi connectivity index (χ1v) is 7.48. The van der Waals surface area contributed by atoms with Crippen LogP contribution < -0.4 is 10.5 Å². The van der Waals surface area contributed by atoms with Crippen LogP contribution in [0.3, 0.4) is 0 Å². The molecule has 2 rings (SSSR count). The van der Waals surface area contributed by atoms with Gasteiger partial charge >= 0.3 is 0 Å². The van der Waals surface area contributed by atoms with Crippen LogP contribution in [0.2, 0.25) is 0 Å². The average molecular weight is 254 g/mol. The molecule has 0 spiro atoms. The van der Waals surface area contributed by atoms with E-state index < -0.39 is 0 Å². The smallest absolute Gasteiger partial charge is 0.273 e. The van der Waals surface area contributed by atoms with Crippen LogP contribution in [-0.4, -0.2) is 18.1 Å². The molecule has 4 heteroatoms. The monoisotopic (exact) mass is 254 g/mol. The lowest BCUT2D eigenvalue weighted by atomic mass is 9.80. The first-order chi connectivity index (χ1) is 8.33. The molecule has 0 aliphatic heterocycles. The second kappa shape index (κ2) is 6.36. The quantitative estimate of drug-likeness (QED) is 0.879. The Labute approximate surface area is 107 Å². The molecule has 1 aromatic heterocycles. The molecule has 1 aromatic rings. The Balaban J connectivity index is 1.83. The lowest BCUT2D eigenvalue weighted by Gasteiger charge is -2.29. The van der Waals surface area contributed by atoms with Gasteiger partial charge in [0.2, 0.25) is 0 Å². The number of hydrogen-bond acceptors (Lipinski definition) is 4. The van der Waals surface area contributed by atoms with Crippen LogP contribution in [0.15, 0.2) is 5.38 Å². The molecule has 3 nitrogen and oxygen atoms in total. The second-order valence-corrected chi connectivity index (χ2v) is 5.63. The summed E-state index contributed by atoms with van der Waals surface area (Å²) >= 11 is 1.61. The third-order valence-corrected chi connectivity index (χ3v) is 4.48. The molecule has 0 radical (unpaired) electrons. The van der Waals surface area contributed by atoms with E-state index in [1.54, 1.807) is 11.3 Å². The number of aryl methyl sites for hydroxylation is 1. The summed E-state index contributed by atoms with van der Waals surface area (Å²) in [6, 6.07) is 0. The molecule has 1 fully saturated rings. The van der Waals surface area contributed by atoms with Crippen LogP contribution in [0.25, 0.3) is 0 Å². The Morgan fingerprint density at radius 3 is 2.82 bits per heavy atom. The standard InChI is InChI=1S/C13H22N2OS/c1-2-12-9-17-13(15-12)16-8-11-6-4-3-5-10(11)7-14/h9-11H,2-8,14H2,1H3. The van der Waals surface area contributed by atoms with Crippen LogP contribution in [0.4, 0.5) is 0 Å². The lowest BCUT2D eigenvalue weighted by molar-refractivity contribution is 0.153. The van der Waals surface area contributed by atoms with Crippen molar-refractivity contribution in [3.8, 4) is 5.19 Å². The third kappa shape index (κ3) is 3.42. The van der Waals surface area contributed by atoms with E-state index in [-0.39, 0.29) is 0 Å². The van der Waals surface area contributed by atoms with Gasteiger partial charge in [0.1, 0.15) is 0 Å². The van der Waals surface area contributed by atoms with Gasteiger partial charge in [0.25, 0.3) is 5.19 Å². The molecule has 1 aliphatic carbocycles. The number of nitrogens with two attached hydrogens (primary N) is 1. The molecule has 2 atom stereocenters. The van der Waals surface area contributed by atoms with Crippen molar-refractivity contribution >= 4 is 11.3 Å². The van der Waals surface area contributed by atoms with Gasteiger partial charge in [-0.1, -0.05) is 31.1 Å². The Hall–Kier alpha value is -0.610. The maximum absolute atomic E-state index is 5.82. The van der Waals surface area contributed by atoms with Crippen molar-refractivity contribution in [3.05, 3.63) is 11.1 Å². The predicted molar refractivity (Wildman–Crippen MR) is 71.5 cm³/mol. The minimum Gasteiger partial charge on any atom is -0.470 e. The number of nitrogens with zero attached hydrogens (tertiary/aromatic N) is 1. The minimum absolute atomic E-state index is 0.628. The summed E-state index contributed by atoms with van der Waals surface area (Å²) in [4.78, 5) is 4.43. The highest BCUT2D eigenvalue weighted by atomic mass is 32.1. The van der Waals surface area contributed by atoms with E-state index in [1.165, 1.54) is 25.7 Å². The van der Waals surface area contributed by atoms with Gasteiger partial charge in [-0.15, -0.1) is 0 Å². The van der Waals surface area contributed by atoms with Gasteiger partial charge in [-0.25, -0.2) is 4.98 Å². The largest absolute Gasteiger partial charge is 0.470 e. The highest BCUT2D eigenvalue weighted by Gasteiger charge is 2.24. The zero-order valence-corrected chi connectivity index (χ0v) is 11.3. The lowest BCUT2D eigenvalue weighted by Crippen LogP contribution is -2.30. The Kier molecular flexibility index (Phi) is 4.80. The highest BCUT2D eigenvalue weighted by Crippen LogP contribution is 2.30. The summed E-state index contributed by atoms with van der Waals surface area (Å²) in [5.41, 5.74) is 6.95. The fourth-order valence-corrected chi connectivity index (χ4v) is 3.27. The summed E-state index contributed by atoms with van der Waals surface area (Å²) in [6.07, 6.45) is 6.16. The van der Waals surface area contributed by atoms with Crippen LogP contribution in [0.5, 0.6) is 5.19 Å². The molecule has 0 saturated heterocycles. The summed E-state index contributed by atoms with van der Waals surface area (Å²) < 4.78 is 5.81. The number of hydrogen-bond donors (Lipinski definition) is 1. The molecule has 17 heavy (non-hydrogen) atoms. The van der Waals surface area contributed by atoms with Gasteiger partial charge in [-0.3, -0.25) is 0 Å². The summed E-state index contributed by atoms with van der Waals surface area (Å²) in [5, 5.41) is 2.90. The fraction of sp³-hybridized carbons (Fsp3) is 0.769. The van der Waals surface area contributed by atoms with Gasteiger partial charge in [0, 0.05) is 5.38 Å². The predicted octanol–water partition coefficient (Wildman–Crippen LogP) is 2.85. The maximum Gasteiger partial charge on any atom is 0.273 e. The summed E-state index contributed by atoms with van der Waals surface area (Å²) in [5.74, 6) is 1.28. The molecule has 2 N–H and O–H groups in total. The SMILES string of the molecule is CCc1csc(OCC2CCCCC2CN)n1. The van der Waals surface area contributed by atoms with Crippen molar-refractivity contribution < 1.29 is 4.74 Å². The van der Waals surface area contributed by atoms with E-state index in [1.807, 2.05) is 0 Å². The molecule has 0 bridgehead atoms. The fourth-order valence-electron chi connectivity index (χ4n) is 2.51. The molecule has 1 heterocycles. The number of ether oxygens (including phenoxy) is 1. The number of rotatable bonds is 5. The normalized spacial score (nSPS) is 24.8. The van der Waals surface area contributed by atoms with E-state index in [9.17, 15) is 0 Å². The summed E-state index contributed by atoms with van der Waals surface area (Å²) in [7, 11) is 0. The Morgan fingerprint density at radius 2 is 2.18 bits per heavy atom. The van der Waals surface area contributed by atoms with Crippen LogP contribution in [0, 0.1) is 11.8 Å². The molecule has 2 unspecified atom stereocenters. The van der Waals surface area contributed by atoms with Gasteiger partial charge in [-0.2, -0.15) is 0 Å². The van der Waals surface area contributed by atoms with E-state index in [4.69, 9.17) is 10.5 Å². The van der Waals surface area contributed by atoms with Crippen molar-refractivity contribution in [1.29, 1.82) is 0 Å². The Bertz CT molecular complexity index is 340. The maximum atomic E-state index is 5.82. The second-order valence-electron chi connectivity index (χ2n) is 4.81. The first-order valence-electron chi connectivity index (χ1n) is 6.60. The van der Waals surface area contributed by atoms with Gasteiger partial charge in [-0.05, 0) is 37.6 Å². The van der Waals surface area contributed by atoms with Crippen molar-refractivity contribution in [1.82, 2.24) is 4.98 Å². The van der Waals surface area contributed by atoms with E-state index in [2.05, 4.69) is 17.3 Å². The van der Waals surface area contributed by atoms with Crippen LogP contribution in [0.1, 0.15) is 38.3 Å². The summed E-state index contributed by atoms with van der Waals surface area (Å²) in [6.45, 7) is 3.70. The van der Waals surface area contributed by atoms with Crippen molar-refractivity contribution in [2.45, 2.75) is 39.0 Å². The third-order valence-electron chi connectivity index (χ3n) is 3.68. The molecule has 1 aliphatic rings. The Morgan fingerprint density at radius 1 is 1.41 bits per heavy atom. The van der Waals surface area contributed by atoms with Crippen LogP contribution >= 0.6 is 11.3 Å². The molecular formula is C13H22N2OS. The molecule has 1 saturated carbocycles. The zero-order chi connectivity index (χ0) is 12.1. The van der Waals surface area contributed by atoms with Crippen molar-refractivity contribution in [2.24, 2.45) is 17.6 Å². The molecule has 0 aromatic carbocycles. The molecule has 0 amide bonds. The molecular weight excluding hydrogens is 232 g/mol. The van der Waals surface area contributed by atoms with E-state index in [0.717, 1.165) is 30.5 Å². The van der Waals surface area contributed by atoms with Crippen molar-refractivity contribution in [3.63, 3.8) is 0 Å². The minimum atomic E-state index is 0.628.